The Morgan fingerprint density at radius 2 is 1.27 bits per heavy atom. The summed E-state index contributed by atoms with van der Waals surface area (Å²) in [7, 11) is 0. The fraction of sp³-hybridized carbons (Fsp3) is 0.111. The van der Waals surface area contributed by atoms with Gasteiger partial charge in [0.15, 0.2) is 5.11 Å². The monoisotopic (exact) mass is 308 g/mol. The van der Waals surface area contributed by atoms with Crippen LogP contribution in [0, 0.1) is 0 Å². The van der Waals surface area contributed by atoms with Crippen LogP contribution in [0.4, 0.5) is 11.4 Å². The van der Waals surface area contributed by atoms with Crippen LogP contribution in [-0.2, 0) is 4.79 Å². The van der Waals surface area contributed by atoms with Gasteiger partial charge in [-0.2, -0.15) is 0 Å². The molecular formula is C18H16N2OS. The van der Waals surface area contributed by atoms with E-state index in [9.17, 15) is 4.79 Å². The fourth-order valence-electron chi connectivity index (χ4n) is 2.54. The van der Waals surface area contributed by atoms with Gasteiger partial charge in [0.2, 0.25) is 0 Å². The molecule has 0 unspecified atom stereocenters. The summed E-state index contributed by atoms with van der Waals surface area (Å²) in [6.45, 7) is 3.86. The number of nitrogens with zero attached hydrogens (tertiary/aromatic N) is 2. The van der Waals surface area contributed by atoms with Crippen molar-refractivity contribution in [2.75, 3.05) is 9.80 Å². The average Bonchev–Trinajstić information content (AvgIpc) is 2.80. The van der Waals surface area contributed by atoms with E-state index in [-0.39, 0.29) is 5.91 Å². The van der Waals surface area contributed by atoms with Gasteiger partial charge in [-0.1, -0.05) is 36.4 Å². The molecule has 1 heterocycles. The van der Waals surface area contributed by atoms with Crippen LogP contribution in [0.1, 0.15) is 13.8 Å². The normalized spacial score (nSPS) is 14.7. The Balaban J connectivity index is 2.14. The molecule has 1 saturated heterocycles. The number of anilines is 2. The summed E-state index contributed by atoms with van der Waals surface area (Å²) >= 11 is 5.60. The number of amides is 1. The van der Waals surface area contributed by atoms with Crippen molar-refractivity contribution in [3.05, 3.63) is 71.9 Å². The molecule has 1 aliphatic rings. The summed E-state index contributed by atoms with van der Waals surface area (Å²) in [6, 6.07) is 19.2. The summed E-state index contributed by atoms with van der Waals surface area (Å²) in [6.07, 6.45) is 0. The highest BCUT2D eigenvalue weighted by molar-refractivity contribution is 7.81. The SMILES string of the molecule is CC(C)=C1C(=O)N(c2ccccc2)C(=S)N1c1ccccc1. The van der Waals surface area contributed by atoms with Gasteiger partial charge in [0.05, 0.1) is 5.69 Å². The van der Waals surface area contributed by atoms with Crippen LogP contribution in [0.15, 0.2) is 71.9 Å². The maximum atomic E-state index is 12.9. The minimum Gasteiger partial charge on any atom is -0.282 e. The molecule has 1 fully saturated rings. The largest absolute Gasteiger partial charge is 0.282 e. The van der Waals surface area contributed by atoms with Gasteiger partial charge in [0.25, 0.3) is 5.91 Å². The molecule has 0 saturated carbocycles. The minimum atomic E-state index is -0.0833. The maximum Gasteiger partial charge on any atom is 0.281 e. The molecule has 0 aromatic heterocycles. The van der Waals surface area contributed by atoms with Gasteiger partial charge in [-0.3, -0.25) is 14.6 Å². The molecule has 2 aromatic rings. The van der Waals surface area contributed by atoms with E-state index < -0.39 is 0 Å². The van der Waals surface area contributed by atoms with E-state index >= 15 is 0 Å². The van der Waals surface area contributed by atoms with Crippen molar-refractivity contribution in [1.82, 2.24) is 0 Å². The smallest absolute Gasteiger partial charge is 0.281 e. The maximum absolute atomic E-state index is 12.9. The molecule has 1 aliphatic heterocycles. The van der Waals surface area contributed by atoms with Crippen molar-refractivity contribution in [3.63, 3.8) is 0 Å². The molecule has 0 N–H and O–H groups in total. The summed E-state index contributed by atoms with van der Waals surface area (Å²) in [4.78, 5) is 16.3. The predicted molar refractivity (Wildman–Crippen MR) is 93.8 cm³/mol. The highest BCUT2D eigenvalue weighted by Crippen LogP contribution is 2.33. The molecule has 110 valence electrons. The zero-order chi connectivity index (χ0) is 15.7. The number of thiocarbonyl (C=S) groups is 1. The molecule has 3 nitrogen and oxygen atoms in total. The predicted octanol–water partition coefficient (Wildman–Crippen LogP) is 4.12. The van der Waals surface area contributed by atoms with E-state index in [0.29, 0.717) is 10.8 Å². The van der Waals surface area contributed by atoms with Crippen LogP contribution < -0.4 is 9.80 Å². The summed E-state index contributed by atoms with van der Waals surface area (Å²) in [5, 5.41) is 0.485. The van der Waals surface area contributed by atoms with Gasteiger partial charge in [0.1, 0.15) is 5.70 Å². The number of benzene rings is 2. The minimum absolute atomic E-state index is 0.0833. The first-order valence-corrected chi connectivity index (χ1v) is 7.48. The first-order valence-electron chi connectivity index (χ1n) is 7.07. The number of rotatable bonds is 2. The molecule has 4 heteroatoms. The lowest BCUT2D eigenvalue weighted by Gasteiger charge is -2.20. The van der Waals surface area contributed by atoms with E-state index in [1.54, 1.807) is 4.90 Å². The van der Waals surface area contributed by atoms with Crippen LogP contribution in [0.2, 0.25) is 0 Å². The van der Waals surface area contributed by atoms with E-state index in [2.05, 4.69) is 0 Å². The second-order valence-corrected chi connectivity index (χ2v) is 5.64. The Hall–Kier alpha value is -2.46. The lowest BCUT2D eigenvalue weighted by molar-refractivity contribution is -0.113. The van der Waals surface area contributed by atoms with Crippen LogP contribution in [0.3, 0.4) is 0 Å². The van der Waals surface area contributed by atoms with Crippen LogP contribution in [0.25, 0.3) is 0 Å². The lowest BCUT2D eigenvalue weighted by Crippen LogP contribution is -2.32. The van der Waals surface area contributed by atoms with E-state index in [0.717, 1.165) is 16.9 Å². The van der Waals surface area contributed by atoms with Crippen molar-refractivity contribution >= 4 is 34.6 Å². The molecule has 0 spiro atoms. The Labute approximate surface area is 135 Å². The van der Waals surface area contributed by atoms with Gasteiger partial charge in [-0.25, -0.2) is 0 Å². The number of para-hydroxylation sites is 2. The van der Waals surface area contributed by atoms with Crippen LogP contribution >= 0.6 is 12.2 Å². The molecule has 0 aliphatic carbocycles. The molecule has 3 rings (SSSR count). The standard InChI is InChI=1S/C18H16N2OS/c1-13(2)16-17(21)20(15-11-7-4-8-12-15)18(22)19(16)14-9-5-3-6-10-14/h3-12H,1-2H3. The van der Waals surface area contributed by atoms with Crippen LogP contribution in [0.5, 0.6) is 0 Å². The van der Waals surface area contributed by atoms with Crippen LogP contribution in [-0.4, -0.2) is 11.0 Å². The molecule has 0 atom stereocenters. The lowest BCUT2D eigenvalue weighted by atomic mass is 10.2. The topological polar surface area (TPSA) is 23.6 Å². The summed E-state index contributed by atoms with van der Waals surface area (Å²) < 4.78 is 0. The highest BCUT2D eigenvalue weighted by Gasteiger charge is 2.40. The quantitative estimate of drug-likeness (QED) is 0.616. The zero-order valence-electron chi connectivity index (χ0n) is 12.5. The van der Waals surface area contributed by atoms with Gasteiger partial charge < -0.3 is 0 Å². The van der Waals surface area contributed by atoms with E-state index in [1.807, 2.05) is 79.4 Å². The molecule has 2 aromatic carbocycles. The first kappa shape index (κ1) is 14.5. The summed E-state index contributed by atoms with van der Waals surface area (Å²) in [5.74, 6) is -0.0833. The zero-order valence-corrected chi connectivity index (χ0v) is 13.3. The Morgan fingerprint density at radius 1 is 0.818 bits per heavy atom. The van der Waals surface area contributed by atoms with Gasteiger partial charge >= 0.3 is 0 Å². The number of allylic oxidation sites excluding steroid dienone is 1. The number of hydrogen-bond donors (Lipinski definition) is 0. The third-order valence-corrected chi connectivity index (χ3v) is 3.88. The van der Waals surface area contributed by atoms with Gasteiger partial charge in [-0.15, -0.1) is 0 Å². The highest BCUT2D eigenvalue weighted by atomic mass is 32.1. The van der Waals surface area contributed by atoms with Crippen molar-refractivity contribution in [1.29, 1.82) is 0 Å². The van der Waals surface area contributed by atoms with Gasteiger partial charge in [-0.05, 0) is 55.9 Å². The van der Waals surface area contributed by atoms with Crippen molar-refractivity contribution < 1.29 is 4.79 Å². The van der Waals surface area contributed by atoms with Crippen molar-refractivity contribution in [3.8, 4) is 0 Å². The average molecular weight is 308 g/mol. The van der Waals surface area contributed by atoms with Gasteiger partial charge in [0, 0.05) is 5.69 Å². The van der Waals surface area contributed by atoms with Crippen molar-refractivity contribution in [2.24, 2.45) is 0 Å². The molecular weight excluding hydrogens is 292 g/mol. The second-order valence-electron chi connectivity index (χ2n) is 5.28. The first-order chi connectivity index (χ1) is 10.6. The molecule has 22 heavy (non-hydrogen) atoms. The molecule has 1 amide bonds. The number of carbonyl (C=O) groups is 1. The van der Waals surface area contributed by atoms with Crippen molar-refractivity contribution in [2.45, 2.75) is 13.8 Å². The Morgan fingerprint density at radius 3 is 1.73 bits per heavy atom. The second kappa shape index (κ2) is 5.73. The summed E-state index contributed by atoms with van der Waals surface area (Å²) in [5.41, 5.74) is 3.25. The Bertz CT molecular complexity index is 749. The number of carbonyl (C=O) groups excluding carboxylic acids is 1. The third kappa shape index (κ3) is 2.31. The molecule has 0 radical (unpaired) electrons. The third-order valence-electron chi connectivity index (χ3n) is 3.51. The molecule has 0 bridgehead atoms. The fourth-order valence-corrected chi connectivity index (χ4v) is 2.93. The van der Waals surface area contributed by atoms with E-state index in [1.165, 1.54) is 0 Å². The number of hydrogen-bond acceptors (Lipinski definition) is 2. The Kier molecular flexibility index (Phi) is 3.77. The van der Waals surface area contributed by atoms with E-state index in [4.69, 9.17) is 12.2 Å².